The van der Waals surface area contributed by atoms with E-state index in [1.54, 1.807) is 0 Å². The molecule has 1 aromatic heterocycles. The van der Waals surface area contributed by atoms with E-state index < -0.39 is 11.8 Å². The summed E-state index contributed by atoms with van der Waals surface area (Å²) in [4.78, 5) is 30.2. The number of nitrogens with zero attached hydrogens (tertiary/aromatic N) is 2. The van der Waals surface area contributed by atoms with E-state index >= 15 is 0 Å². The van der Waals surface area contributed by atoms with Gasteiger partial charge in [0.15, 0.2) is 11.6 Å². The fraction of sp³-hybridized carbons (Fsp3) is 0.250. The maximum Gasteiger partial charge on any atom is 0.332 e. The number of ether oxygens (including phenoxy) is 2. The molecule has 0 aliphatic carbocycles. The van der Waals surface area contributed by atoms with Crippen LogP contribution < -0.4 is 0 Å². The van der Waals surface area contributed by atoms with Crippen molar-refractivity contribution in [2.75, 3.05) is 6.61 Å². The van der Waals surface area contributed by atoms with E-state index in [9.17, 15) is 9.59 Å². The van der Waals surface area contributed by atoms with Crippen LogP contribution in [0.25, 0.3) is 21.8 Å². The van der Waals surface area contributed by atoms with Crippen molar-refractivity contribution in [1.29, 1.82) is 0 Å². The number of hydrogen-bond acceptors (Lipinski definition) is 6. The molecule has 1 aliphatic rings. The van der Waals surface area contributed by atoms with Gasteiger partial charge in [-0.15, -0.1) is 0 Å². The van der Waals surface area contributed by atoms with E-state index in [1.807, 2.05) is 112 Å². The van der Waals surface area contributed by atoms with Gasteiger partial charge >= 0.3 is 5.97 Å². The fourth-order valence-corrected chi connectivity index (χ4v) is 5.71. The molecule has 0 saturated carbocycles. The Labute approximate surface area is 250 Å². The molecule has 1 aliphatic heterocycles. The molecule has 1 saturated heterocycles. The van der Waals surface area contributed by atoms with Gasteiger partial charge in [-0.25, -0.2) is 4.79 Å². The quantitative estimate of drug-likeness (QED) is 0.0866. The van der Waals surface area contributed by atoms with Gasteiger partial charge < -0.3 is 18.9 Å². The van der Waals surface area contributed by atoms with Gasteiger partial charge in [0.1, 0.15) is 5.71 Å². The minimum absolute atomic E-state index is 0.0303. The van der Waals surface area contributed by atoms with Crippen LogP contribution in [0.3, 0.4) is 0 Å². The lowest BCUT2D eigenvalue weighted by molar-refractivity contribution is -0.141. The number of carbonyl (C=O) groups excluding carboxylic acids is 2. The Morgan fingerprint density at radius 3 is 2.12 bits per heavy atom. The van der Waals surface area contributed by atoms with E-state index in [-0.39, 0.29) is 11.9 Å². The zero-order chi connectivity index (χ0) is 30.1. The van der Waals surface area contributed by atoms with Crippen LogP contribution in [-0.4, -0.2) is 40.5 Å². The number of hydrogen-bond donors (Lipinski definition) is 0. The minimum Gasteiger partial charge on any atom is -0.348 e. The van der Waals surface area contributed by atoms with E-state index in [4.69, 9.17) is 14.3 Å². The van der Waals surface area contributed by atoms with Crippen LogP contribution >= 0.6 is 0 Å². The smallest absolute Gasteiger partial charge is 0.332 e. The lowest BCUT2D eigenvalue weighted by atomic mass is 9.97. The maximum atomic E-state index is 13.6. The number of carbonyl (C=O) groups is 2. The number of rotatable bonds is 8. The Morgan fingerprint density at radius 1 is 0.860 bits per heavy atom. The summed E-state index contributed by atoms with van der Waals surface area (Å²) in [5.74, 6) is -1.04. The monoisotopic (exact) mass is 574 g/mol. The van der Waals surface area contributed by atoms with Crippen molar-refractivity contribution in [3.05, 3.63) is 119 Å². The molecule has 0 spiro atoms. The first-order valence-electron chi connectivity index (χ1n) is 14.5. The van der Waals surface area contributed by atoms with Gasteiger partial charge in [-0.3, -0.25) is 4.79 Å². The van der Waals surface area contributed by atoms with E-state index in [2.05, 4.69) is 9.72 Å². The molecule has 6 rings (SSSR count). The summed E-state index contributed by atoms with van der Waals surface area (Å²) in [5.41, 5.74) is 6.64. The number of oxime groups is 1. The van der Waals surface area contributed by atoms with Crippen molar-refractivity contribution in [2.45, 2.75) is 45.5 Å². The third-order valence-corrected chi connectivity index (χ3v) is 7.89. The van der Waals surface area contributed by atoms with Crippen LogP contribution in [0.1, 0.15) is 59.8 Å². The number of ketones is 1. The van der Waals surface area contributed by atoms with Gasteiger partial charge in [-0.1, -0.05) is 65.8 Å². The highest BCUT2D eigenvalue weighted by molar-refractivity contribution is 6.18. The normalized spacial score (nSPS) is 16.6. The Bertz CT molecular complexity index is 1850. The predicted molar refractivity (Wildman–Crippen MR) is 167 cm³/mol. The summed E-state index contributed by atoms with van der Waals surface area (Å²) in [7, 11) is 2.01. The Morgan fingerprint density at radius 2 is 1.49 bits per heavy atom. The van der Waals surface area contributed by atoms with Gasteiger partial charge in [-0.05, 0) is 62.6 Å². The summed E-state index contributed by atoms with van der Waals surface area (Å²) in [6, 6.07) is 29.3. The highest BCUT2D eigenvalue weighted by Crippen LogP contribution is 2.31. The van der Waals surface area contributed by atoms with Crippen LogP contribution in [0.5, 0.6) is 0 Å². The second-order valence-electron chi connectivity index (χ2n) is 11.4. The molecule has 0 radical (unpaired) electrons. The van der Waals surface area contributed by atoms with Crippen LogP contribution in [0.15, 0.2) is 96.2 Å². The molecule has 1 atom stereocenters. The summed E-state index contributed by atoms with van der Waals surface area (Å²) in [6.07, 6.45) is 1.81. The minimum atomic E-state index is -0.518. The zero-order valence-electron chi connectivity index (χ0n) is 24.8. The molecule has 218 valence electrons. The average Bonchev–Trinajstić information content (AvgIpc) is 3.51. The summed E-state index contributed by atoms with van der Waals surface area (Å²) >= 11 is 0. The van der Waals surface area contributed by atoms with Crippen molar-refractivity contribution in [2.24, 2.45) is 12.2 Å². The fourth-order valence-electron chi connectivity index (χ4n) is 5.71. The van der Waals surface area contributed by atoms with Gasteiger partial charge in [0, 0.05) is 58.0 Å². The van der Waals surface area contributed by atoms with E-state index in [0.717, 1.165) is 51.3 Å². The number of fused-ring (bicyclic) bond motifs is 3. The van der Waals surface area contributed by atoms with Gasteiger partial charge in [0.25, 0.3) is 0 Å². The summed E-state index contributed by atoms with van der Waals surface area (Å²) in [6.45, 7) is 5.80. The molecule has 0 amide bonds. The maximum absolute atomic E-state index is 13.6. The molecule has 1 unspecified atom stereocenters. The van der Waals surface area contributed by atoms with Gasteiger partial charge in [-0.2, -0.15) is 0 Å². The zero-order valence-corrected chi connectivity index (χ0v) is 24.8. The third kappa shape index (κ3) is 6.00. The standard InChI is InChI=1S/C36H34N2O5/c1-23(39)43-37-34(25-8-6-5-7-9-25)27-15-18-32-30(20-27)31-21-28(16-19-33(31)38(32)4)35(40)26-13-10-24(11-14-26)12-17-29-22-41-36(2,3)42-29/h5-11,13-16,18-21,29H,12,17,22H2,1-4H3. The summed E-state index contributed by atoms with van der Waals surface area (Å²) < 4.78 is 13.7. The molecule has 0 bridgehead atoms. The Balaban J connectivity index is 1.29. The number of aromatic nitrogens is 1. The molecular weight excluding hydrogens is 540 g/mol. The van der Waals surface area contributed by atoms with Crippen molar-refractivity contribution < 1.29 is 23.9 Å². The largest absolute Gasteiger partial charge is 0.348 e. The second kappa shape index (κ2) is 11.6. The average molecular weight is 575 g/mol. The van der Waals surface area contributed by atoms with Crippen LogP contribution in [0.2, 0.25) is 0 Å². The molecule has 4 aromatic carbocycles. The number of aryl methyl sites for hydroxylation is 2. The summed E-state index contributed by atoms with van der Waals surface area (Å²) in [5, 5.41) is 6.13. The van der Waals surface area contributed by atoms with Crippen molar-refractivity contribution in [3.8, 4) is 0 Å². The highest BCUT2D eigenvalue weighted by atomic mass is 16.7. The second-order valence-corrected chi connectivity index (χ2v) is 11.4. The molecule has 5 aromatic rings. The first kappa shape index (κ1) is 28.5. The number of benzene rings is 4. The van der Waals surface area contributed by atoms with E-state index in [1.165, 1.54) is 6.92 Å². The molecule has 2 heterocycles. The lowest BCUT2D eigenvalue weighted by Crippen LogP contribution is -2.21. The van der Waals surface area contributed by atoms with Crippen molar-refractivity contribution in [1.82, 2.24) is 4.57 Å². The van der Waals surface area contributed by atoms with Gasteiger partial charge in [0.2, 0.25) is 0 Å². The third-order valence-electron chi connectivity index (χ3n) is 7.89. The Kier molecular flexibility index (Phi) is 7.69. The first-order chi connectivity index (χ1) is 20.7. The topological polar surface area (TPSA) is 79.1 Å². The first-order valence-corrected chi connectivity index (χ1v) is 14.5. The molecular formula is C36H34N2O5. The van der Waals surface area contributed by atoms with Gasteiger partial charge in [0.05, 0.1) is 12.7 Å². The van der Waals surface area contributed by atoms with Crippen molar-refractivity contribution >= 4 is 39.3 Å². The molecule has 7 heteroatoms. The van der Waals surface area contributed by atoms with Crippen molar-refractivity contribution in [3.63, 3.8) is 0 Å². The van der Waals surface area contributed by atoms with E-state index in [0.29, 0.717) is 23.4 Å². The SMILES string of the molecule is CC(=O)ON=C(c1ccccc1)c1ccc2c(c1)c1cc(C(=O)c3ccc(CCC4COC(C)(C)O4)cc3)ccc1n2C. The van der Waals surface area contributed by atoms with Crippen LogP contribution in [0.4, 0.5) is 0 Å². The van der Waals surface area contributed by atoms with Crippen LogP contribution in [-0.2, 0) is 32.6 Å². The molecule has 7 nitrogen and oxygen atoms in total. The predicted octanol–water partition coefficient (Wildman–Crippen LogP) is 6.96. The molecule has 43 heavy (non-hydrogen) atoms. The molecule has 1 fully saturated rings. The lowest BCUT2D eigenvalue weighted by Gasteiger charge is -2.17. The Hall–Kier alpha value is -4.59. The van der Waals surface area contributed by atoms with Crippen LogP contribution in [0, 0.1) is 0 Å². The molecule has 0 N–H and O–H groups in total. The highest BCUT2D eigenvalue weighted by Gasteiger charge is 2.32.